The van der Waals surface area contributed by atoms with E-state index in [4.69, 9.17) is 15.8 Å². The van der Waals surface area contributed by atoms with Crippen LogP contribution in [0.15, 0.2) is 52.3 Å². The minimum Gasteiger partial charge on any atom is -0.358 e. The van der Waals surface area contributed by atoms with Crippen LogP contribution in [0.5, 0.6) is 5.88 Å². The van der Waals surface area contributed by atoms with Gasteiger partial charge in [-0.2, -0.15) is 8.42 Å². The highest BCUT2D eigenvalue weighted by Gasteiger charge is 2.20. The first kappa shape index (κ1) is 20.2. The highest BCUT2D eigenvalue weighted by Crippen LogP contribution is 2.23. The molecule has 2 aromatic carbocycles. The topological polar surface area (TPSA) is 140 Å². The van der Waals surface area contributed by atoms with Gasteiger partial charge < -0.3 is 14.2 Å². The van der Waals surface area contributed by atoms with E-state index in [0.717, 1.165) is 16.5 Å². The first-order chi connectivity index (χ1) is 15.2. The molecule has 0 spiro atoms. The number of pyridine rings is 1. The van der Waals surface area contributed by atoms with Gasteiger partial charge in [0.25, 0.3) is 11.4 Å². The Labute approximate surface area is 184 Å². The zero-order valence-corrected chi connectivity index (χ0v) is 18.0. The molecular formula is C20H14ClN5O5S. The van der Waals surface area contributed by atoms with E-state index in [1.165, 1.54) is 18.2 Å². The van der Waals surface area contributed by atoms with Crippen molar-refractivity contribution in [2.45, 2.75) is 6.54 Å². The standard InChI is InChI=1S/C20H14ClN5O5S/c1-32(29,30)31-19-17-16(18(27)12-4-3-11(21)7-14(12)24-17)20(28)26(25-19)8-10-2-5-13-15(6-10)23-9-22-13/h2-7,9H,8H2,1H3,(H,22,23)(H,24,27). The average Bonchev–Trinajstić information content (AvgIpc) is 3.18. The second-order valence-electron chi connectivity index (χ2n) is 7.20. The van der Waals surface area contributed by atoms with E-state index in [2.05, 4.69) is 20.1 Å². The Morgan fingerprint density at radius 3 is 2.72 bits per heavy atom. The summed E-state index contributed by atoms with van der Waals surface area (Å²) in [6.07, 6.45) is 2.39. The first-order valence-corrected chi connectivity index (χ1v) is 11.5. The van der Waals surface area contributed by atoms with Crippen molar-refractivity contribution in [3.63, 3.8) is 0 Å². The molecule has 162 valence electrons. The number of imidazole rings is 1. The number of nitrogens with one attached hydrogen (secondary N) is 2. The Kier molecular flexibility index (Phi) is 4.53. The zero-order valence-electron chi connectivity index (χ0n) is 16.4. The van der Waals surface area contributed by atoms with Crippen LogP contribution in [0.25, 0.3) is 32.8 Å². The Balaban J connectivity index is 1.79. The number of fused-ring (bicyclic) bond motifs is 3. The van der Waals surface area contributed by atoms with E-state index < -0.39 is 27.0 Å². The smallest absolute Gasteiger partial charge is 0.307 e. The van der Waals surface area contributed by atoms with Crippen molar-refractivity contribution in [1.82, 2.24) is 24.7 Å². The maximum Gasteiger partial charge on any atom is 0.307 e. The van der Waals surface area contributed by atoms with Crippen LogP contribution in [0.3, 0.4) is 0 Å². The summed E-state index contributed by atoms with van der Waals surface area (Å²) >= 11 is 6.01. The van der Waals surface area contributed by atoms with Crippen LogP contribution in [0.4, 0.5) is 0 Å². The number of hydrogen-bond donors (Lipinski definition) is 2. The van der Waals surface area contributed by atoms with Crippen molar-refractivity contribution < 1.29 is 12.6 Å². The van der Waals surface area contributed by atoms with E-state index in [1.807, 2.05) is 0 Å². The second kappa shape index (κ2) is 7.18. The molecule has 0 amide bonds. The molecule has 3 aromatic heterocycles. The number of benzene rings is 2. The summed E-state index contributed by atoms with van der Waals surface area (Å²) in [6.45, 7) is -0.0320. The minimum atomic E-state index is -4.01. The Morgan fingerprint density at radius 1 is 1.12 bits per heavy atom. The van der Waals surface area contributed by atoms with Gasteiger partial charge in [0.2, 0.25) is 5.43 Å². The normalized spacial score (nSPS) is 12.1. The molecule has 0 radical (unpaired) electrons. The lowest BCUT2D eigenvalue weighted by atomic mass is 10.1. The summed E-state index contributed by atoms with van der Waals surface area (Å²) in [7, 11) is -4.01. The van der Waals surface area contributed by atoms with Gasteiger partial charge >= 0.3 is 10.1 Å². The van der Waals surface area contributed by atoms with Gasteiger partial charge in [-0.1, -0.05) is 17.7 Å². The quantitative estimate of drug-likeness (QED) is 0.302. The number of hydrogen-bond acceptors (Lipinski definition) is 7. The van der Waals surface area contributed by atoms with E-state index in [-0.39, 0.29) is 22.8 Å². The molecule has 0 aliphatic rings. The van der Waals surface area contributed by atoms with Gasteiger partial charge in [0.05, 0.1) is 35.7 Å². The summed E-state index contributed by atoms with van der Waals surface area (Å²) < 4.78 is 29.7. The van der Waals surface area contributed by atoms with Gasteiger partial charge in [0, 0.05) is 10.4 Å². The van der Waals surface area contributed by atoms with E-state index in [0.29, 0.717) is 21.6 Å². The number of H-pyrrole nitrogens is 2. The van der Waals surface area contributed by atoms with E-state index in [9.17, 15) is 18.0 Å². The third-order valence-electron chi connectivity index (χ3n) is 4.89. The number of halogens is 1. The van der Waals surface area contributed by atoms with Crippen molar-refractivity contribution >= 4 is 54.6 Å². The van der Waals surface area contributed by atoms with Crippen LogP contribution >= 0.6 is 11.6 Å². The lowest BCUT2D eigenvalue weighted by Crippen LogP contribution is -2.29. The molecule has 2 N–H and O–H groups in total. The molecule has 0 bridgehead atoms. The van der Waals surface area contributed by atoms with Crippen LogP contribution < -0.4 is 15.2 Å². The van der Waals surface area contributed by atoms with Gasteiger partial charge in [-0.3, -0.25) is 9.59 Å². The van der Waals surface area contributed by atoms with Crippen molar-refractivity contribution in [3.8, 4) is 5.88 Å². The summed E-state index contributed by atoms with van der Waals surface area (Å²) in [5.41, 5.74) is 1.08. The summed E-state index contributed by atoms with van der Waals surface area (Å²) in [4.78, 5) is 36.4. The fourth-order valence-electron chi connectivity index (χ4n) is 3.52. The Bertz CT molecular complexity index is 1770. The van der Waals surface area contributed by atoms with E-state index >= 15 is 0 Å². The zero-order chi connectivity index (χ0) is 22.6. The van der Waals surface area contributed by atoms with Crippen LogP contribution in [-0.4, -0.2) is 39.4 Å². The molecule has 5 aromatic rings. The van der Waals surface area contributed by atoms with Crippen molar-refractivity contribution in [2.24, 2.45) is 0 Å². The molecule has 0 atom stereocenters. The molecule has 10 nitrogen and oxygen atoms in total. The third kappa shape index (κ3) is 3.51. The highest BCUT2D eigenvalue weighted by molar-refractivity contribution is 7.86. The minimum absolute atomic E-state index is 0.0320. The molecule has 32 heavy (non-hydrogen) atoms. The molecule has 0 saturated heterocycles. The van der Waals surface area contributed by atoms with Crippen molar-refractivity contribution in [2.75, 3.05) is 6.26 Å². The van der Waals surface area contributed by atoms with Crippen LogP contribution in [-0.2, 0) is 16.7 Å². The maximum absolute atomic E-state index is 13.2. The molecular weight excluding hydrogens is 458 g/mol. The lowest BCUT2D eigenvalue weighted by molar-refractivity contribution is 0.467. The predicted octanol–water partition coefficient (Wildman–Crippen LogP) is 2.15. The molecule has 12 heteroatoms. The number of aromatic nitrogens is 5. The fraction of sp³-hybridized carbons (Fsp3) is 0.100. The Hall–Kier alpha value is -3.70. The van der Waals surface area contributed by atoms with Gasteiger partial charge in [0.1, 0.15) is 10.9 Å². The fourth-order valence-corrected chi connectivity index (χ4v) is 4.09. The van der Waals surface area contributed by atoms with Crippen LogP contribution in [0, 0.1) is 0 Å². The maximum atomic E-state index is 13.2. The predicted molar refractivity (Wildman–Crippen MR) is 120 cm³/mol. The molecule has 3 heterocycles. The van der Waals surface area contributed by atoms with Crippen LogP contribution in [0.1, 0.15) is 5.56 Å². The highest BCUT2D eigenvalue weighted by atomic mass is 35.5. The molecule has 5 rings (SSSR count). The molecule has 0 aliphatic carbocycles. The second-order valence-corrected chi connectivity index (χ2v) is 9.21. The lowest BCUT2D eigenvalue weighted by Gasteiger charge is -2.12. The summed E-state index contributed by atoms with van der Waals surface area (Å²) in [5.74, 6) is -0.415. The van der Waals surface area contributed by atoms with Gasteiger partial charge in [0.15, 0.2) is 0 Å². The molecule has 0 saturated carbocycles. The SMILES string of the molecule is CS(=O)(=O)Oc1nn(Cc2ccc3[nH]cnc3c2)c(=O)c2c(=O)c3ccc(Cl)cc3[nH]c12. The molecule has 0 aliphatic heterocycles. The van der Waals surface area contributed by atoms with Crippen molar-refractivity contribution in [1.29, 1.82) is 0 Å². The van der Waals surface area contributed by atoms with E-state index in [1.54, 1.807) is 24.5 Å². The summed E-state index contributed by atoms with van der Waals surface area (Å²) in [6, 6.07) is 9.82. The summed E-state index contributed by atoms with van der Waals surface area (Å²) in [5, 5.41) is 4.40. The van der Waals surface area contributed by atoms with Crippen molar-refractivity contribution in [3.05, 3.63) is 73.9 Å². The largest absolute Gasteiger partial charge is 0.358 e. The third-order valence-corrected chi connectivity index (χ3v) is 5.58. The van der Waals surface area contributed by atoms with Gasteiger partial charge in [-0.25, -0.2) is 9.67 Å². The van der Waals surface area contributed by atoms with Gasteiger partial charge in [-0.05, 0) is 35.9 Å². The van der Waals surface area contributed by atoms with Gasteiger partial charge in [-0.15, -0.1) is 5.10 Å². The Morgan fingerprint density at radius 2 is 1.94 bits per heavy atom. The first-order valence-electron chi connectivity index (χ1n) is 9.27. The number of rotatable bonds is 4. The molecule has 0 fully saturated rings. The van der Waals surface area contributed by atoms with Crippen LogP contribution in [0.2, 0.25) is 5.02 Å². The monoisotopic (exact) mass is 471 g/mol. The average molecular weight is 472 g/mol. The number of nitrogens with zero attached hydrogens (tertiary/aromatic N) is 3. The molecule has 0 unspecified atom stereocenters. The number of aromatic amines is 2.